The largest absolute Gasteiger partial charge is 0.342 e. The number of hydrogen-bond donors (Lipinski definition) is 0. The van der Waals surface area contributed by atoms with E-state index in [4.69, 9.17) is 0 Å². The van der Waals surface area contributed by atoms with Gasteiger partial charge in [0.1, 0.15) is 0 Å². The molecule has 1 aliphatic carbocycles. The molecule has 0 aromatic rings. The number of carbonyl (C=O) groups is 1. The van der Waals surface area contributed by atoms with E-state index in [2.05, 4.69) is 9.80 Å². The van der Waals surface area contributed by atoms with Gasteiger partial charge in [-0.2, -0.15) is 0 Å². The van der Waals surface area contributed by atoms with Crippen LogP contribution < -0.4 is 0 Å². The molecule has 2 unspecified atom stereocenters. The lowest BCUT2D eigenvalue weighted by molar-refractivity contribution is -0.138. The Bertz CT molecular complexity index is 316. The van der Waals surface area contributed by atoms with Gasteiger partial charge >= 0.3 is 0 Å². The van der Waals surface area contributed by atoms with Crippen molar-refractivity contribution in [1.29, 1.82) is 0 Å². The first kappa shape index (κ1) is 11.5. The van der Waals surface area contributed by atoms with Gasteiger partial charge in [-0.25, -0.2) is 0 Å². The summed E-state index contributed by atoms with van der Waals surface area (Å²) in [5.41, 5.74) is -0.213. The van der Waals surface area contributed by atoms with E-state index >= 15 is 0 Å². The van der Waals surface area contributed by atoms with Crippen LogP contribution in [-0.2, 0) is 4.79 Å². The minimum atomic E-state index is -0.213. The molecule has 2 aliphatic heterocycles. The number of likely N-dealkylation sites (tertiary alicyclic amines) is 2. The van der Waals surface area contributed by atoms with Crippen LogP contribution in [0.15, 0.2) is 0 Å². The third kappa shape index (κ3) is 2.10. The predicted octanol–water partition coefficient (Wildman–Crippen LogP) is 1.59. The van der Waals surface area contributed by atoms with Gasteiger partial charge in [0.25, 0.3) is 0 Å². The van der Waals surface area contributed by atoms with Crippen molar-refractivity contribution in [3.8, 4) is 0 Å². The molecule has 3 aliphatic rings. The quantitative estimate of drug-likeness (QED) is 0.690. The Morgan fingerprint density at radius 2 is 1.53 bits per heavy atom. The highest BCUT2D eigenvalue weighted by atomic mass is 16.2. The first-order valence-electron chi connectivity index (χ1n) is 6.98. The molecule has 1 saturated carbocycles. The van der Waals surface area contributed by atoms with Crippen molar-refractivity contribution in [2.45, 2.75) is 39.7 Å². The van der Waals surface area contributed by atoms with E-state index in [9.17, 15) is 4.79 Å². The number of fused-ring (bicyclic) bond motifs is 1. The second-order valence-electron chi connectivity index (χ2n) is 7.17. The fourth-order valence-corrected chi connectivity index (χ4v) is 3.41. The molecule has 2 heterocycles. The molecule has 1 amide bonds. The number of rotatable bonds is 1. The zero-order chi connectivity index (χ0) is 12.2. The van der Waals surface area contributed by atoms with Crippen LogP contribution in [0.5, 0.6) is 0 Å². The van der Waals surface area contributed by atoms with Crippen LogP contribution in [0.4, 0.5) is 0 Å². The van der Waals surface area contributed by atoms with Crippen LogP contribution in [-0.4, -0.2) is 47.9 Å². The molecule has 3 heteroatoms. The van der Waals surface area contributed by atoms with Crippen LogP contribution >= 0.6 is 0 Å². The molecular weight excluding hydrogens is 212 g/mol. The highest BCUT2D eigenvalue weighted by molar-refractivity contribution is 5.81. The molecule has 0 radical (unpaired) electrons. The Hall–Kier alpha value is -0.570. The molecule has 96 valence electrons. The maximum Gasteiger partial charge on any atom is 0.227 e. The third-order valence-electron chi connectivity index (χ3n) is 4.51. The molecule has 3 nitrogen and oxygen atoms in total. The summed E-state index contributed by atoms with van der Waals surface area (Å²) in [5, 5.41) is 0. The molecular formula is C14H24N2O. The lowest BCUT2D eigenvalue weighted by Gasteiger charge is -2.27. The second-order valence-corrected chi connectivity index (χ2v) is 7.17. The Morgan fingerprint density at radius 3 is 1.94 bits per heavy atom. The van der Waals surface area contributed by atoms with Gasteiger partial charge in [-0.3, -0.25) is 9.69 Å². The Kier molecular flexibility index (Phi) is 2.51. The number of nitrogens with zero attached hydrogens (tertiary/aromatic N) is 2. The van der Waals surface area contributed by atoms with Crippen molar-refractivity contribution in [2.24, 2.45) is 17.3 Å². The van der Waals surface area contributed by atoms with Gasteiger partial charge in [-0.05, 0) is 24.7 Å². The zero-order valence-electron chi connectivity index (χ0n) is 11.3. The molecule has 0 bridgehead atoms. The van der Waals surface area contributed by atoms with Crippen molar-refractivity contribution in [2.75, 3.05) is 26.2 Å². The standard InChI is InChI=1S/C14H24N2O/c1-14(2,3)13(17)16-8-10-6-15(12-4-5-12)7-11(10)9-16/h10-12H,4-9H2,1-3H3. The average Bonchev–Trinajstić information content (AvgIpc) is 2.88. The van der Waals surface area contributed by atoms with Crippen molar-refractivity contribution in [3.05, 3.63) is 0 Å². The van der Waals surface area contributed by atoms with E-state index in [0.29, 0.717) is 5.91 Å². The molecule has 0 aromatic heterocycles. The maximum absolute atomic E-state index is 12.2. The predicted molar refractivity (Wildman–Crippen MR) is 67.6 cm³/mol. The van der Waals surface area contributed by atoms with Gasteiger partial charge in [0.15, 0.2) is 0 Å². The van der Waals surface area contributed by atoms with Crippen molar-refractivity contribution in [3.63, 3.8) is 0 Å². The van der Waals surface area contributed by atoms with Gasteiger partial charge in [0.05, 0.1) is 0 Å². The number of amides is 1. The van der Waals surface area contributed by atoms with E-state index < -0.39 is 0 Å². The Labute approximate surface area is 104 Å². The van der Waals surface area contributed by atoms with Crippen LogP contribution in [0.2, 0.25) is 0 Å². The van der Waals surface area contributed by atoms with Gasteiger partial charge in [0.2, 0.25) is 5.91 Å². The molecule has 0 spiro atoms. The fourth-order valence-electron chi connectivity index (χ4n) is 3.41. The smallest absolute Gasteiger partial charge is 0.227 e. The monoisotopic (exact) mass is 236 g/mol. The van der Waals surface area contributed by atoms with E-state index in [1.165, 1.54) is 25.9 Å². The Balaban J connectivity index is 1.60. The summed E-state index contributed by atoms with van der Waals surface area (Å²) in [5.74, 6) is 1.84. The van der Waals surface area contributed by atoms with Crippen LogP contribution in [0, 0.1) is 17.3 Å². The first-order chi connectivity index (χ1) is 7.95. The molecule has 2 atom stereocenters. The van der Waals surface area contributed by atoms with Crippen molar-refractivity contribution in [1.82, 2.24) is 9.80 Å². The minimum Gasteiger partial charge on any atom is -0.342 e. The lowest BCUT2D eigenvalue weighted by Crippen LogP contribution is -2.40. The van der Waals surface area contributed by atoms with Gasteiger partial charge in [-0.15, -0.1) is 0 Å². The summed E-state index contributed by atoms with van der Waals surface area (Å²) in [4.78, 5) is 17.0. The minimum absolute atomic E-state index is 0.213. The fraction of sp³-hybridized carbons (Fsp3) is 0.929. The summed E-state index contributed by atoms with van der Waals surface area (Å²) in [7, 11) is 0. The number of carbonyl (C=O) groups excluding carboxylic acids is 1. The van der Waals surface area contributed by atoms with E-state index in [0.717, 1.165) is 31.0 Å². The summed E-state index contributed by atoms with van der Waals surface area (Å²) in [6.07, 6.45) is 2.81. The van der Waals surface area contributed by atoms with E-state index in [1.807, 2.05) is 20.8 Å². The number of hydrogen-bond acceptors (Lipinski definition) is 2. The van der Waals surface area contributed by atoms with Crippen molar-refractivity contribution >= 4 is 5.91 Å². The summed E-state index contributed by atoms with van der Waals surface area (Å²) < 4.78 is 0. The molecule has 2 saturated heterocycles. The SMILES string of the molecule is CC(C)(C)C(=O)N1CC2CN(C3CC3)CC2C1. The highest BCUT2D eigenvalue weighted by Crippen LogP contribution is 2.38. The van der Waals surface area contributed by atoms with E-state index in [1.54, 1.807) is 0 Å². The third-order valence-corrected chi connectivity index (χ3v) is 4.51. The summed E-state index contributed by atoms with van der Waals surface area (Å²) >= 11 is 0. The molecule has 3 rings (SSSR count). The Morgan fingerprint density at radius 1 is 1.00 bits per heavy atom. The molecule has 0 N–H and O–H groups in total. The highest BCUT2D eigenvalue weighted by Gasteiger charge is 2.46. The summed E-state index contributed by atoms with van der Waals surface area (Å²) in [6, 6.07) is 0.896. The van der Waals surface area contributed by atoms with Crippen LogP contribution in [0.25, 0.3) is 0 Å². The normalized spacial score (nSPS) is 34.2. The van der Waals surface area contributed by atoms with Crippen LogP contribution in [0.1, 0.15) is 33.6 Å². The lowest BCUT2D eigenvalue weighted by atomic mass is 9.95. The maximum atomic E-state index is 12.2. The van der Waals surface area contributed by atoms with Crippen LogP contribution in [0.3, 0.4) is 0 Å². The van der Waals surface area contributed by atoms with Gasteiger partial charge < -0.3 is 4.90 Å². The van der Waals surface area contributed by atoms with Crippen molar-refractivity contribution < 1.29 is 4.79 Å². The van der Waals surface area contributed by atoms with E-state index in [-0.39, 0.29) is 5.41 Å². The zero-order valence-corrected chi connectivity index (χ0v) is 11.3. The molecule has 17 heavy (non-hydrogen) atoms. The molecule has 3 fully saturated rings. The van der Waals surface area contributed by atoms with Gasteiger partial charge in [-0.1, -0.05) is 20.8 Å². The topological polar surface area (TPSA) is 23.6 Å². The first-order valence-corrected chi connectivity index (χ1v) is 6.98. The average molecular weight is 236 g/mol. The second kappa shape index (κ2) is 3.71. The molecule has 0 aromatic carbocycles. The summed E-state index contributed by atoms with van der Waals surface area (Å²) in [6.45, 7) is 10.6. The van der Waals surface area contributed by atoms with Gasteiger partial charge in [0, 0.05) is 37.6 Å².